The van der Waals surface area contributed by atoms with Gasteiger partial charge in [0.25, 0.3) is 0 Å². The Morgan fingerprint density at radius 3 is 2.30 bits per heavy atom. The Morgan fingerprint density at radius 2 is 1.59 bits per heavy atom. The van der Waals surface area contributed by atoms with Crippen LogP contribution >= 0.6 is 0 Å². The molecule has 1 amide bonds. The van der Waals surface area contributed by atoms with Crippen molar-refractivity contribution in [2.45, 2.75) is 57.1 Å². The summed E-state index contributed by atoms with van der Waals surface area (Å²) in [5.41, 5.74) is 0.818. The first-order valence-electron chi connectivity index (χ1n) is 14.1. The minimum atomic E-state index is -1.05. The number of hydrogen-bond donors (Lipinski definition) is 1. The topological polar surface area (TPSA) is 132 Å². The third-order valence-corrected chi connectivity index (χ3v) is 7.59. The van der Waals surface area contributed by atoms with E-state index in [0.29, 0.717) is 23.1 Å². The average Bonchev–Trinajstić information content (AvgIpc) is 3.39. The Labute approximate surface area is 252 Å². The van der Waals surface area contributed by atoms with Crippen molar-refractivity contribution in [2.75, 3.05) is 12.4 Å². The maximum atomic E-state index is 13.1. The van der Waals surface area contributed by atoms with Crippen molar-refractivity contribution in [1.29, 1.82) is 0 Å². The lowest BCUT2D eigenvalue weighted by Gasteiger charge is -2.45. The number of benzene rings is 3. The first-order valence-corrected chi connectivity index (χ1v) is 14.1. The Bertz CT molecular complexity index is 1720. The molecule has 0 spiro atoms. The van der Waals surface area contributed by atoms with Gasteiger partial charge in [-0.05, 0) is 43.2 Å². The van der Waals surface area contributed by atoms with Crippen molar-refractivity contribution in [1.82, 2.24) is 0 Å². The van der Waals surface area contributed by atoms with E-state index in [-0.39, 0.29) is 17.9 Å². The Kier molecular flexibility index (Phi) is 7.98. The van der Waals surface area contributed by atoms with Crippen LogP contribution in [0.2, 0.25) is 0 Å². The predicted molar refractivity (Wildman–Crippen MR) is 158 cm³/mol. The summed E-state index contributed by atoms with van der Waals surface area (Å²) < 4.78 is 40.1. The largest absolute Gasteiger partial charge is 0.509 e. The molecule has 0 radical (unpaired) electrons. The molecule has 228 valence electrons. The molecule has 6 rings (SSSR count). The van der Waals surface area contributed by atoms with E-state index in [0.717, 1.165) is 11.1 Å². The number of methoxy groups -OCH3 is 1. The summed E-state index contributed by atoms with van der Waals surface area (Å²) in [6.45, 7) is 3.66. The maximum absolute atomic E-state index is 13.1. The van der Waals surface area contributed by atoms with Crippen LogP contribution in [-0.4, -0.2) is 49.6 Å². The van der Waals surface area contributed by atoms with E-state index in [1.807, 2.05) is 74.5 Å². The Morgan fingerprint density at radius 1 is 0.909 bits per heavy atom. The molecule has 44 heavy (non-hydrogen) atoms. The number of amides is 1. The molecule has 0 aliphatic carbocycles. The minimum absolute atomic E-state index is 0.0425. The van der Waals surface area contributed by atoms with Gasteiger partial charge in [-0.3, -0.25) is 5.32 Å². The fourth-order valence-corrected chi connectivity index (χ4v) is 5.55. The van der Waals surface area contributed by atoms with E-state index < -0.39 is 48.1 Å². The predicted octanol–water partition coefficient (Wildman–Crippen LogP) is 5.57. The zero-order chi connectivity index (χ0) is 30.8. The molecule has 11 heteroatoms. The quantitative estimate of drug-likeness (QED) is 0.202. The highest BCUT2D eigenvalue weighted by molar-refractivity contribution is 5.90. The van der Waals surface area contributed by atoms with Crippen LogP contribution in [0.4, 0.5) is 15.3 Å². The number of carbonyl (C=O) groups excluding carboxylic acids is 2. The van der Waals surface area contributed by atoms with Crippen LogP contribution in [0.5, 0.6) is 5.75 Å². The monoisotopic (exact) mass is 601 g/mol. The molecule has 3 heterocycles. The molecule has 2 fully saturated rings. The fraction of sp³-hybridized carbons (Fsp3) is 0.303. The van der Waals surface area contributed by atoms with Crippen molar-refractivity contribution in [2.24, 2.45) is 0 Å². The van der Waals surface area contributed by atoms with E-state index in [9.17, 15) is 14.4 Å². The Balaban J connectivity index is 1.32. The molecule has 2 saturated heterocycles. The number of anilines is 1. The highest BCUT2D eigenvalue weighted by Crippen LogP contribution is 2.40. The van der Waals surface area contributed by atoms with Gasteiger partial charge in [-0.2, -0.15) is 0 Å². The highest BCUT2D eigenvalue weighted by atomic mass is 16.8. The molecule has 11 nitrogen and oxygen atoms in total. The van der Waals surface area contributed by atoms with E-state index >= 15 is 0 Å². The second-order valence-electron chi connectivity index (χ2n) is 11.0. The van der Waals surface area contributed by atoms with Crippen molar-refractivity contribution in [3.05, 3.63) is 106 Å². The number of nitrogens with one attached hydrogen (secondary N) is 1. The summed E-state index contributed by atoms with van der Waals surface area (Å²) >= 11 is 0. The van der Waals surface area contributed by atoms with Gasteiger partial charge in [0.2, 0.25) is 12.4 Å². The summed E-state index contributed by atoms with van der Waals surface area (Å²) in [4.78, 5) is 37.7. The second kappa shape index (κ2) is 12.0. The summed E-state index contributed by atoms with van der Waals surface area (Å²) in [6, 6.07) is 23.7. The average molecular weight is 602 g/mol. The molecule has 3 aromatic carbocycles. The van der Waals surface area contributed by atoms with Gasteiger partial charge in [0.15, 0.2) is 6.10 Å². The Hall–Kier alpha value is -4.87. The SMILES string of the molecule is CO[C@@H]1[C@@H]2OC(=O)O[C@@H]2[C@H](Oc2ccc3cc(NC(=O)OCc4ccccc4)c(=O)oc3c2Cc2ccccc2)OC1(C)C. The van der Waals surface area contributed by atoms with E-state index in [1.54, 1.807) is 12.1 Å². The lowest BCUT2D eigenvalue weighted by molar-refractivity contribution is -0.282. The molecule has 4 atom stereocenters. The molecule has 0 unspecified atom stereocenters. The third kappa shape index (κ3) is 5.97. The molecule has 0 saturated carbocycles. The van der Waals surface area contributed by atoms with Gasteiger partial charge < -0.3 is 32.8 Å². The van der Waals surface area contributed by atoms with Crippen molar-refractivity contribution in [3.63, 3.8) is 0 Å². The number of fused-ring (bicyclic) bond motifs is 2. The van der Waals surface area contributed by atoms with Crippen molar-refractivity contribution >= 4 is 28.9 Å². The van der Waals surface area contributed by atoms with E-state index in [1.165, 1.54) is 13.2 Å². The van der Waals surface area contributed by atoms with E-state index in [2.05, 4.69) is 5.32 Å². The molecule has 1 N–H and O–H groups in total. The number of hydrogen-bond acceptors (Lipinski definition) is 10. The molecule has 2 aliphatic rings. The second-order valence-corrected chi connectivity index (χ2v) is 11.0. The first-order chi connectivity index (χ1) is 21.2. The van der Waals surface area contributed by atoms with Crippen LogP contribution in [0.25, 0.3) is 11.0 Å². The molecular formula is C33H31NO10. The van der Waals surface area contributed by atoms with Gasteiger partial charge in [-0.1, -0.05) is 60.7 Å². The van der Waals surface area contributed by atoms with Crippen molar-refractivity contribution < 1.29 is 42.4 Å². The van der Waals surface area contributed by atoms with Crippen LogP contribution in [0.1, 0.15) is 30.5 Å². The van der Waals surface area contributed by atoms with Gasteiger partial charge in [-0.25, -0.2) is 14.4 Å². The highest BCUT2D eigenvalue weighted by Gasteiger charge is 2.59. The van der Waals surface area contributed by atoms with Gasteiger partial charge in [0.05, 0.1) is 5.60 Å². The maximum Gasteiger partial charge on any atom is 0.509 e. The lowest BCUT2D eigenvalue weighted by Crippen LogP contribution is -2.62. The summed E-state index contributed by atoms with van der Waals surface area (Å²) in [7, 11) is 1.51. The van der Waals surface area contributed by atoms with Gasteiger partial charge in [-0.15, -0.1) is 0 Å². The van der Waals surface area contributed by atoms with Crippen LogP contribution in [0, 0.1) is 0 Å². The van der Waals surface area contributed by atoms with E-state index in [4.69, 9.17) is 32.8 Å². The summed E-state index contributed by atoms with van der Waals surface area (Å²) in [5, 5.41) is 3.02. The van der Waals surface area contributed by atoms with Crippen LogP contribution in [0.3, 0.4) is 0 Å². The van der Waals surface area contributed by atoms with Crippen molar-refractivity contribution in [3.8, 4) is 5.75 Å². The third-order valence-electron chi connectivity index (χ3n) is 7.59. The molecule has 1 aromatic heterocycles. The zero-order valence-corrected chi connectivity index (χ0v) is 24.3. The molecule has 0 bridgehead atoms. The van der Waals surface area contributed by atoms with Gasteiger partial charge in [0.1, 0.15) is 29.7 Å². The normalized spacial score (nSPS) is 22.0. The smallest absolute Gasteiger partial charge is 0.460 e. The minimum Gasteiger partial charge on any atom is -0.460 e. The lowest BCUT2D eigenvalue weighted by atomic mass is 9.89. The number of rotatable bonds is 8. The van der Waals surface area contributed by atoms with Crippen LogP contribution < -0.4 is 15.7 Å². The number of carbonyl (C=O) groups is 2. The summed E-state index contributed by atoms with van der Waals surface area (Å²) in [6.07, 6.45) is -4.60. The van der Waals surface area contributed by atoms with Crippen LogP contribution in [0.15, 0.2) is 88.1 Å². The fourth-order valence-electron chi connectivity index (χ4n) is 5.55. The standard InChI is InChI=1S/C33H31NO10/c1-33(2)28(38-3)26-27(43-32(37)42-26)30(44-33)40-24-15-14-21-17-23(34-31(36)39-18-20-12-8-5-9-13-20)29(35)41-25(21)22(24)16-19-10-6-4-7-11-19/h4-15,17,26-28,30H,16,18H2,1-3H3,(H,34,36)/t26-,27+,28-,30-/m1/s1. The molecular weight excluding hydrogens is 570 g/mol. The first kappa shape index (κ1) is 29.2. The molecule has 4 aromatic rings. The number of ether oxygens (including phenoxy) is 6. The molecule has 2 aliphatic heterocycles. The summed E-state index contributed by atoms with van der Waals surface area (Å²) in [5.74, 6) is 0.353. The van der Waals surface area contributed by atoms with Gasteiger partial charge >= 0.3 is 17.9 Å². The van der Waals surface area contributed by atoms with Crippen LogP contribution in [-0.2, 0) is 36.7 Å². The van der Waals surface area contributed by atoms with Gasteiger partial charge in [0, 0.05) is 24.5 Å². The zero-order valence-electron chi connectivity index (χ0n) is 24.3.